The van der Waals surface area contributed by atoms with Gasteiger partial charge in [-0.25, -0.2) is 0 Å². The lowest BCUT2D eigenvalue weighted by Gasteiger charge is -2.45. The molecule has 0 aromatic rings. The highest BCUT2D eigenvalue weighted by Gasteiger charge is 2.48. The van der Waals surface area contributed by atoms with Crippen molar-refractivity contribution in [1.82, 2.24) is 4.90 Å². The van der Waals surface area contributed by atoms with E-state index in [0.717, 1.165) is 0 Å². The van der Waals surface area contributed by atoms with Crippen LogP contribution in [0.3, 0.4) is 0 Å². The maximum Gasteiger partial charge on any atom is 0.0454 e. The van der Waals surface area contributed by atoms with Gasteiger partial charge in [0.05, 0.1) is 0 Å². The molecule has 2 atom stereocenters. The SMILES string of the molecule is CC(C)N1CCC(N)C12CCCSC2. The maximum atomic E-state index is 6.32. The first-order chi connectivity index (χ1) is 6.67. The zero-order valence-corrected chi connectivity index (χ0v) is 10.1. The second-order valence-corrected chi connectivity index (χ2v) is 6.05. The standard InChI is InChI=1S/C11H22N2S/c1-9(2)13-6-4-10(12)11(13)5-3-7-14-8-11/h9-10H,3-8,12H2,1-2H3. The van der Waals surface area contributed by atoms with Crippen molar-refractivity contribution in [2.45, 2.75) is 50.7 Å². The van der Waals surface area contributed by atoms with Crippen LogP contribution in [0.2, 0.25) is 0 Å². The summed E-state index contributed by atoms with van der Waals surface area (Å²) in [6.07, 6.45) is 3.86. The molecule has 2 unspecified atom stereocenters. The van der Waals surface area contributed by atoms with Gasteiger partial charge in [0, 0.05) is 29.9 Å². The molecular formula is C11H22N2S. The summed E-state index contributed by atoms with van der Waals surface area (Å²) in [5.41, 5.74) is 6.66. The normalized spacial score (nSPS) is 39.9. The van der Waals surface area contributed by atoms with Crippen molar-refractivity contribution >= 4 is 11.8 Å². The highest BCUT2D eigenvalue weighted by atomic mass is 32.2. The van der Waals surface area contributed by atoms with E-state index < -0.39 is 0 Å². The number of thioether (sulfide) groups is 1. The zero-order valence-electron chi connectivity index (χ0n) is 9.33. The fourth-order valence-electron chi connectivity index (χ4n) is 3.08. The molecule has 0 amide bonds. The second kappa shape index (κ2) is 4.03. The Morgan fingerprint density at radius 3 is 2.86 bits per heavy atom. The van der Waals surface area contributed by atoms with E-state index in [9.17, 15) is 0 Å². The van der Waals surface area contributed by atoms with E-state index in [1.165, 1.54) is 37.3 Å². The van der Waals surface area contributed by atoms with E-state index in [1.54, 1.807) is 0 Å². The van der Waals surface area contributed by atoms with Gasteiger partial charge < -0.3 is 5.73 Å². The average Bonchev–Trinajstić information content (AvgIpc) is 2.46. The van der Waals surface area contributed by atoms with Crippen LogP contribution in [0.25, 0.3) is 0 Å². The molecule has 2 nitrogen and oxygen atoms in total. The smallest absolute Gasteiger partial charge is 0.0454 e. The van der Waals surface area contributed by atoms with Crippen LogP contribution in [0.15, 0.2) is 0 Å². The molecule has 2 heterocycles. The lowest BCUT2D eigenvalue weighted by molar-refractivity contribution is 0.100. The highest BCUT2D eigenvalue weighted by Crippen LogP contribution is 2.40. The Labute approximate surface area is 91.6 Å². The summed E-state index contributed by atoms with van der Waals surface area (Å²) in [5, 5.41) is 0. The molecule has 2 N–H and O–H groups in total. The van der Waals surface area contributed by atoms with E-state index in [0.29, 0.717) is 17.6 Å². The van der Waals surface area contributed by atoms with Gasteiger partial charge in [0.25, 0.3) is 0 Å². The van der Waals surface area contributed by atoms with Crippen molar-refractivity contribution in [1.29, 1.82) is 0 Å². The van der Waals surface area contributed by atoms with Crippen LogP contribution in [0.1, 0.15) is 33.1 Å². The molecule has 2 rings (SSSR count). The minimum atomic E-state index is 0.344. The third-order valence-corrected chi connectivity index (χ3v) is 5.10. The Balaban J connectivity index is 2.18. The van der Waals surface area contributed by atoms with Gasteiger partial charge in [-0.2, -0.15) is 11.8 Å². The molecule has 0 aromatic carbocycles. The largest absolute Gasteiger partial charge is 0.326 e. The third kappa shape index (κ3) is 1.59. The summed E-state index contributed by atoms with van der Waals surface area (Å²) >= 11 is 2.09. The van der Waals surface area contributed by atoms with E-state index in [-0.39, 0.29) is 0 Å². The van der Waals surface area contributed by atoms with Crippen molar-refractivity contribution < 1.29 is 0 Å². The van der Waals surface area contributed by atoms with E-state index in [4.69, 9.17) is 5.73 Å². The molecule has 0 saturated carbocycles. The molecular weight excluding hydrogens is 192 g/mol. The monoisotopic (exact) mass is 214 g/mol. The molecule has 2 fully saturated rings. The maximum absolute atomic E-state index is 6.32. The van der Waals surface area contributed by atoms with Gasteiger partial charge in [0.1, 0.15) is 0 Å². The highest BCUT2D eigenvalue weighted by molar-refractivity contribution is 7.99. The Kier molecular flexibility index (Phi) is 3.10. The molecule has 2 aliphatic rings. The molecule has 0 aromatic heterocycles. The number of likely N-dealkylation sites (tertiary alicyclic amines) is 1. The Morgan fingerprint density at radius 2 is 2.29 bits per heavy atom. The first kappa shape index (κ1) is 10.8. The van der Waals surface area contributed by atoms with Gasteiger partial charge in [0.2, 0.25) is 0 Å². The minimum Gasteiger partial charge on any atom is -0.326 e. The molecule has 2 saturated heterocycles. The predicted octanol–water partition coefficient (Wildman–Crippen LogP) is 1.69. The quantitative estimate of drug-likeness (QED) is 0.720. The van der Waals surface area contributed by atoms with Gasteiger partial charge in [-0.3, -0.25) is 4.90 Å². The van der Waals surface area contributed by atoms with Crippen LogP contribution in [-0.4, -0.2) is 40.6 Å². The number of nitrogens with zero attached hydrogens (tertiary/aromatic N) is 1. The van der Waals surface area contributed by atoms with Crippen molar-refractivity contribution in [3.05, 3.63) is 0 Å². The van der Waals surface area contributed by atoms with Crippen molar-refractivity contribution in [3.8, 4) is 0 Å². The Hall–Kier alpha value is 0.270. The van der Waals surface area contributed by atoms with Gasteiger partial charge in [-0.15, -0.1) is 0 Å². The summed E-state index contributed by atoms with van der Waals surface area (Å²) in [6.45, 7) is 5.82. The summed E-state index contributed by atoms with van der Waals surface area (Å²) in [7, 11) is 0. The fraction of sp³-hybridized carbons (Fsp3) is 1.00. The summed E-state index contributed by atoms with van der Waals surface area (Å²) in [4.78, 5) is 2.66. The Bertz CT molecular complexity index is 199. The number of hydrogen-bond donors (Lipinski definition) is 1. The molecule has 82 valence electrons. The molecule has 1 spiro atoms. The van der Waals surface area contributed by atoms with Crippen LogP contribution in [-0.2, 0) is 0 Å². The van der Waals surface area contributed by atoms with Crippen molar-refractivity contribution in [2.75, 3.05) is 18.1 Å². The number of hydrogen-bond acceptors (Lipinski definition) is 3. The lowest BCUT2D eigenvalue weighted by atomic mass is 9.87. The summed E-state index contributed by atoms with van der Waals surface area (Å²) in [5.74, 6) is 2.59. The molecule has 14 heavy (non-hydrogen) atoms. The van der Waals surface area contributed by atoms with Crippen molar-refractivity contribution in [2.24, 2.45) is 5.73 Å². The van der Waals surface area contributed by atoms with Crippen LogP contribution in [0.4, 0.5) is 0 Å². The summed E-state index contributed by atoms with van der Waals surface area (Å²) in [6, 6.07) is 1.07. The van der Waals surface area contributed by atoms with Crippen LogP contribution >= 0.6 is 11.8 Å². The average molecular weight is 214 g/mol. The topological polar surface area (TPSA) is 29.3 Å². The van der Waals surface area contributed by atoms with Crippen LogP contribution < -0.4 is 5.73 Å². The van der Waals surface area contributed by atoms with E-state index in [2.05, 4.69) is 30.5 Å². The summed E-state index contributed by atoms with van der Waals surface area (Å²) < 4.78 is 0. The molecule has 0 aliphatic carbocycles. The first-order valence-corrected chi connectivity index (χ1v) is 6.92. The fourth-order valence-corrected chi connectivity index (χ4v) is 4.45. The second-order valence-electron chi connectivity index (χ2n) is 4.94. The number of nitrogens with two attached hydrogens (primary N) is 1. The number of rotatable bonds is 1. The van der Waals surface area contributed by atoms with Gasteiger partial charge in [-0.1, -0.05) is 0 Å². The molecule has 3 heteroatoms. The van der Waals surface area contributed by atoms with Gasteiger partial charge in [-0.05, 0) is 38.9 Å². The van der Waals surface area contributed by atoms with Crippen LogP contribution in [0.5, 0.6) is 0 Å². The molecule has 0 bridgehead atoms. The molecule has 2 aliphatic heterocycles. The van der Waals surface area contributed by atoms with Crippen molar-refractivity contribution in [3.63, 3.8) is 0 Å². The van der Waals surface area contributed by atoms with Gasteiger partial charge in [0.15, 0.2) is 0 Å². The Morgan fingerprint density at radius 1 is 1.50 bits per heavy atom. The molecule has 0 radical (unpaired) electrons. The minimum absolute atomic E-state index is 0.344. The van der Waals surface area contributed by atoms with E-state index >= 15 is 0 Å². The lowest BCUT2D eigenvalue weighted by Crippen LogP contribution is -2.58. The first-order valence-electron chi connectivity index (χ1n) is 5.77. The predicted molar refractivity (Wildman–Crippen MR) is 63.7 cm³/mol. The van der Waals surface area contributed by atoms with Crippen LogP contribution in [0, 0.1) is 0 Å². The van der Waals surface area contributed by atoms with E-state index in [1.807, 2.05) is 0 Å². The zero-order chi connectivity index (χ0) is 10.2. The van der Waals surface area contributed by atoms with Gasteiger partial charge >= 0.3 is 0 Å². The third-order valence-electron chi connectivity index (χ3n) is 3.82.